The molecule has 4 aromatic rings. The van der Waals surface area contributed by atoms with Crippen molar-refractivity contribution in [2.24, 2.45) is 0 Å². The molecule has 4 nitrogen and oxygen atoms in total. The number of fused-ring (bicyclic) bond motifs is 2. The van der Waals surface area contributed by atoms with Gasteiger partial charge in [-0.25, -0.2) is 0 Å². The van der Waals surface area contributed by atoms with Crippen LogP contribution in [0.4, 0.5) is 22.0 Å². The highest BCUT2D eigenvalue weighted by Crippen LogP contribution is 2.53. The number of rotatable bonds is 17. The Labute approximate surface area is 369 Å². The van der Waals surface area contributed by atoms with Gasteiger partial charge in [0, 0.05) is 61.0 Å². The maximum Gasteiger partial charge on any atom is 0.453 e. The zero-order valence-corrected chi connectivity index (χ0v) is 38.3. The molecule has 2 aliphatic heterocycles. The van der Waals surface area contributed by atoms with Crippen molar-refractivity contribution in [2.75, 3.05) is 30.1 Å². The number of carbonyl (C=O) groups is 1. The molecular formula is C49H59F5O4S3. The standard InChI is InChI=1S/C31H41F5O2S2.C18H18O2S/c1-23-13-9-10-14-26(23)29(2)22-39-28-21-24(37)16-17-25(28)27(29)15-8-6-4-3-5-7-11-19-40(38)20-12-18-30(32,33)31(34,35)36;1-12-6-4-5-7-15(12)18(2)11-21-16-10-13(20-3)8-9-14(16)17(18)19/h9-10,13-14,16-17,21,27,37H,3-8,11-12,15,18-20,22H2,1-2H3;4-10H,11H2,1-3H3/t27-,29-,40?;/m1./s1. The molecule has 4 aromatic carbocycles. The SMILES string of the molecule is COc1ccc2c(c1)SCC(C)(c1ccccc1C)C2=O.Cc1ccccc1[C@@]1(C)CSc2cc(O)ccc2[C@H]1CCCCCCCCCS(=O)CCCC(F)(F)C(F)(F)F. The van der Waals surface area contributed by atoms with Gasteiger partial charge < -0.3 is 9.84 Å². The summed E-state index contributed by atoms with van der Waals surface area (Å²) >= 11 is 3.55. The number of phenolic OH excluding ortho intramolecular Hbond substituents is 1. The van der Waals surface area contributed by atoms with E-state index in [1.165, 1.54) is 27.1 Å². The first-order valence-electron chi connectivity index (χ1n) is 21.1. The van der Waals surface area contributed by atoms with E-state index in [2.05, 4.69) is 70.2 Å². The summed E-state index contributed by atoms with van der Waals surface area (Å²) in [5, 5.41) is 10.0. The van der Waals surface area contributed by atoms with E-state index in [9.17, 15) is 36.1 Å². The smallest absolute Gasteiger partial charge is 0.453 e. The number of benzene rings is 4. The third-order valence-corrected chi connectivity index (χ3v) is 16.5. The number of aryl methyl sites for hydroxylation is 2. The van der Waals surface area contributed by atoms with E-state index in [0.29, 0.717) is 23.8 Å². The van der Waals surface area contributed by atoms with Gasteiger partial charge >= 0.3 is 12.1 Å². The molecule has 0 aromatic heterocycles. The van der Waals surface area contributed by atoms with E-state index in [0.717, 1.165) is 78.2 Å². The maximum absolute atomic E-state index is 13.0. The number of hydrogen-bond donors (Lipinski definition) is 1. The van der Waals surface area contributed by atoms with E-state index in [1.807, 2.05) is 48.2 Å². The lowest BCUT2D eigenvalue weighted by Crippen LogP contribution is -2.38. The average Bonchev–Trinajstić information content (AvgIpc) is 3.22. The summed E-state index contributed by atoms with van der Waals surface area (Å²) < 4.78 is 79.7. The Balaban J connectivity index is 0.000000279. The minimum absolute atomic E-state index is 0.00171. The molecule has 4 atom stereocenters. The molecule has 6 rings (SSSR count). The molecule has 1 N–H and O–H groups in total. The van der Waals surface area contributed by atoms with E-state index in [4.69, 9.17) is 4.74 Å². The van der Waals surface area contributed by atoms with Crippen LogP contribution in [0.3, 0.4) is 0 Å². The van der Waals surface area contributed by atoms with Crippen molar-refractivity contribution in [1.29, 1.82) is 0 Å². The first-order chi connectivity index (χ1) is 28.9. The van der Waals surface area contributed by atoms with Gasteiger partial charge in [0.1, 0.15) is 11.5 Å². The van der Waals surface area contributed by atoms with Crippen molar-refractivity contribution >= 4 is 40.1 Å². The van der Waals surface area contributed by atoms with Crippen LogP contribution >= 0.6 is 23.5 Å². The Kier molecular flexibility index (Phi) is 17.0. The number of aromatic hydroxyl groups is 1. The van der Waals surface area contributed by atoms with Gasteiger partial charge in [-0.05, 0) is 104 Å². The zero-order valence-electron chi connectivity index (χ0n) is 35.8. The van der Waals surface area contributed by atoms with Gasteiger partial charge in [-0.2, -0.15) is 22.0 Å². The number of ketones is 1. The summed E-state index contributed by atoms with van der Waals surface area (Å²) in [4.78, 5) is 15.2. The number of Topliss-reactive ketones (excluding diaryl/α,β-unsaturated/α-hetero) is 1. The number of thioether (sulfide) groups is 2. The van der Waals surface area contributed by atoms with Gasteiger partial charge in [0.2, 0.25) is 0 Å². The van der Waals surface area contributed by atoms with Crippen molar-refractivity contribution in [3.05, 3.63) is 118 Å². The lowest BCUT2D eigenvalue weighted by molar-refractivity contribution is -0.284. The van der Waals surface area contributed by atoms with Crippen LogP contribution in [0.5, 0.6) is 11.5 Å². The van der Waals surface area contributed by atoms with Crippen molar-refractivity contribution in [1.82, 2.24) is 0 Å². The number of phenols is 1. The minimum Gasteiger partial charge on any atom is -0.508 e. The van der Waals surface area contributed by atoms with Crippen molar-refractivity contribution < 1.29 is 40.8 Å². The molecule has 2 heterocycles. The predicted molar refractivity (Wildman–Crippen MR) is 242 cm³/mol. The van der Waals surface area contributed by atoms with Crippen LogP contribution in [-0.4, -0.2) is 57.3 Å². The second-order valence-corrected chi connectivity index (χ2v) is 20.6. The fourth-order valence-corrected chi connectivity index (χ4v) is 12.5. The summed E-state index contributed by atoms with van der Waals surface area (Å²) in [7, 11) is 0.290. The number of carbonyl (C=O) groups excluding carboxylic acids is 1. The Morgan fingerprint density at radius 1 is 0.738 bits per heavy atom. The third kappa shape index (κ3) is 12.0. The van der Waals surface area contributed by atoms with Crippen molar-refractivity contribution in [3.63, 3.8) is 0 Å². The molecule has 0 radical (unpaired) electrons. The van der Waals surface area contributed by atoms with Crippen LogP contribution in [0, 0.1) is 13.8 Å². The minimum atomic E-state index is -5.54. The number of alkyl halides is 5. The molecule has 0 aliphatic carbocycles. The summed E-state index contributed by atoms with van der Waals surface area (Å²) in [6, 6.07) is 28.3. The largest absolute Gasteiger partial charge is 0.508 e. The molecule has 0 fully saturated rings. The Morgan fingerprint density at radius 3 is 1.97 bits per heavy atom. The highest BCUT2D eigenvalue weighted by atomic mass is 32.2. The monoisotopic (exact) mass is 902 g/mol. The van der Waals surface area contributed by atoms with Crippen molar-refractivity contribution in [2.45, 2.75) is 131 Å². The van der Waals surface area contributed by atoms with Gasteiger partial charge in [-0.1, -0.05) is 100 Å². The van der Waals surface area contributed by atoms with Crippen LogP contribution in [-0.2, 0) is 21.6 Å². The molecular weight excluding hydrogens is 844 g/mol. The highest BCUT2D eigenvalue weighted by Gasteiger charge is 2.56. The Morgan fingerprint density at radius 2 is 1.33 bits per heavy atom. The van der Waals surface area contributed by atoms with Crippen LogP contribution in [0.1, 0.15) is 122 Å². The molecule has 2 unspecified atom stereocenters. The summed E-state index contributed by atoms with van der Waals surface area (Å²) in [5.41, 5.74) is 6.65. The van der Waals surface area contributed by atoms with Crippen molar-refractivity contribution in [3.8, 4) is 11.5 Å². The molecule has 0 bridgehead atoms. The van der Waals surface area contributed by atoms with Gasteiger partial charge in [-0.15, -0.1) is 23.5 Å². The molecule has 61 heavy (non-hydrogen) atoms. The van der Waals surface area contributed by atoms with E-state index >= 15 is 0 Å². The number of methoxy groups -OCH3 is 1. The van der Waals surface area contributed by atoms with E-state index in [1.54, 1.807) is 24.9 Å². The molecule has 0 saturated carbocycles. The quantitative estimate of drug-likeness (QED) is 0.0841. The number of ether oxygens (including phenoxy) is 1. The third-order valence-electron chi connectivity index (χ3n) is 12.3. The normalized spacial score (nSPS) is 20.6. The second-order valence-electron chi connectivity index (χ2n) is 16.8. The lowest BCUT2D eigenvalue weighted by Gasteiger charge is -2.44. The van der Waals surface area contributed by atoms with Gasteiger partial charge in [0.15, 0.2) is 5.78 Å². The Hall–Kier alpha value is -3.35. The molecule has 332 valence electrons. The molecule has 12 heteroatoms. The fourth-order valence-electron chi connectivity index (χ4n) is 8.67. The van der Waals surface area contributed by atoms with Gasteiger partial charge in [0.25, 0.3) is 0 Å². The van der Waals surface area contributed by atoms with Crippen LogP contribution < -0.4 is 4.74 Å². The number of halogens is 5. The van der Waals surface area contributed by atoms with Gasteiger partial charge in [0.05, 0.1) is 12.5 Å². The van der Waals surface area contributed by atoms with Crippen LogP contribution in [0.2, 0.25) is 0 Å². The zero-order chi connectivity index (χ0) is 44.4. The summed E-state index contributed by atoms with van der Waals surface area (Å²) in [6.45, 7) is 8.67. The molecule has 2 aliphatic rings. The first-order valence-corrected chi connectivity index (χ1v) is 24.6. The van der Waals surface area contributed by atoms with Gasteiger partial charge in [-0.3, -0.25) is 9.00 Å². The molecule has 0 saturated heterocycles. The number of hydrogen-bond acceptors (Lipinski definition) is 6. The van der Waals surface area contributed by atoms with Crippen LogP contribution in [0.15, 0.2) is 94.7 Å². The lowest BCUT2D eigenvalue weighted by atomic mass is 9.67. The maximum atomic E-state index is 13.0. The highest BCUT2D eigenvalue weighted by molar-refractivity contribution is 7.99. The fraction of sp³-hybridized carbons (Fsp3) is 0.490. The summed E-state index contributed by atoms with van der Waals surface area (Å²) in [5.74, 6) is -1.09. The predicted octanol–water partition coefficient (Wildman–Crippen LogP) is 13.9. The molecule has 0 spiro atoms. The first kappa shape index (κ1) is 48.7. The van der Waals surface area contributed by atoms with E-state index < -0.39 is 41.2 Å². The average molecular weight is 903 g/mol. The summed E-state index contributed by atoms with van der Waals surface area (Å²) in [6.07, 6.45) is 0.760. The number of unbranched alkanes of at least 4 members (excludes halogenated alkanes) is 6. The van der Waals surface area contributed by atoms with Crippen LogP contribution in [0.25, 0.3) is 0 Å². The topological polar surface area (TPSA) is 63.6 Å². The Bertz CT molecular complexity index is 2120. The molecule has 0 amide bonds. The van der Waals surface area contributed by atoms with E-state index in [-0.39, 0.29) is 17.0 Å². The second kappa shape index (κ2) is 21.3.